The zero-order valence-corrected chi connectivity index (χ0v) is 21.9. The SMILES string of the molecule is C/C=C/c1csc(Nc2ccc(OCCCc3cccnc3)c(C(F)(F)F)c2)n1.C=CN=CC.CC. The molecule has 9 heteroatoms. The first kappa shape index (κ1) is 30.6. The van der Waals surface area contributed by atoms with Crippen molar-refractivity contribution in [2.45, 2.75) is 46.7 Å². The number of aliphatic imine (C=N–C) groups is 1. The van der Waals surface area contributed by atoms with E-state index in [-0.39, 0.29) is 12.4 Å². The molecule has 3 aromatic rings. The third kappa shape index (κ3) is 11.3. The number of aromatic nitrogens is 2. The maximum Gasteiger partial charge on any atom is 0.420 e. The van der Waals surface area contributed by atoms with Gasteiger partial charge in [0.1, 0.15) is 5.75 Å². The Morgan fingerprint density at radius 3 is 2.56 bits per heavy atom. The number of ether oxygens (including phenoxy) is 1. The summed E-state index contributed by atoms with van der Waals surface area (Å²) >= 11 is 1.33. The number of rotatable bonds is 9. The summed E-state index contributed by atoms with van der Waals surface area (Å²) in [6, 6.07) is 7.70. The summed E-state index contributed by atoms with van der Waals surface area (Å²) in [6.07, 6.45) is 7.04. The van der Waals surface area contributed by atoms with Gasteiger partial charge in [-0.1, -0.05) is 32.6 Å². The van der Waals surface area contributed by atoms with Crippen molar-refractivity contribution in [2.24, 2.45) is 4.99 Å². The third-order valence-corrected chi connectivity index (χ3v) is 5.02. The number of benzene rings is 1. The van der Waals surface area contributed by atoms with E-state index >= 15 is 0 Å². The van der Waals surface area contributed by atoms with Crippen molar-refractivity contribution in [1.29, 1.82) is 0 Å². The number of nitrogens with zero attached hydrogens (tertiary/aromatic N) is 3. The first-order valence-electron chi connectivity index (χ1n) is 11.5. The second kappa shape index (κ2) is 17.0. The zero-order chi connectivity index (χ0) is 26.8. The first-order chi connectivity index (χ1) is 17.4. The molecule has 0 amide bonds. The molecule has 2 aromatic heterocycles. The van der Waals surface area contributed by atoms with E-state index in [1.54, 1.807) is 24.7 Å². The molecular weight excluding hydrogens is 485 g/mol. The maximum absolute atomic E-state index is 13.5. The van der Waals surface area contributed by atoms with Gasteiger partial charge in [0.15, 0.2) is 5.13 Å². The Hall–Kier alpha value is -3.46. The lowest BCUT2D eigenvalue weighted by atomic mass is 10.1. The number of pyridine rings is 1. The second-order valence-corrected chi connectivity index (χ2v) is 7.67. The van der Waals surface area contributed by atoms with Crippen molar-refractivity contribution in [1.82, 2.24) is 9.97 Å². The van der Waals surface area contributed by atoms with Crippen molar-refractivity contribution < 1.29 is 17.9 Å². The van der Waals surface area contributed by atoms with Gasteiger partial charge < -0.3 is 10.1 Å². The highest BCUT2D eigenvalue weighted by Crippen LogP contribution is 2.38. The van der Waals surface area contributed by atoms with Gasteiger partial charge in [-0.3, -0.25) is 9.98 Å². The highest BCUT2D eigenvalue weighted by Gasteiger charge is 2.34. The van der Waals surface area contributed by atoms with Crippen LogP contribution in [0.4, 0.5) is 24.0 Å². The van der Waals surface area contributed by atoms with Crippen LogP contribution < -0.4 is 10.1 Å². The van der Waals surface area contributed by atoms with Gasteiger partial charge in [-0.25, -0.2) is 4.98 Å². The smallest absolute Gasteiger partial charge is 0.420 e. The molecule has 3 rings (SSSR count). The Morgan fingerprint density at radius 1 is 1.19 bits per heavy atom. The highest BCUT2D eigenvalue weighted by atomic mass is 32.1. The quantitative estimate of drug-likeness (QED) is 0.228. The minimum atomic E-state index is -4.52. The summed E-state index contributed by atoms with van der Waals surface area (Å²) in [5.74, 6) is -0.178. The van der Waals surface area contributed by atoms with Gasteiger partial charge in [0.25, 0.3) is 0 Å². The topological polar surface area (TPSA) is 59.4 Å². The van der Waals surface area contributed by atoms with Gasteiger partial charge in [-0.2, -0.15) is 13.2 Å². The first-order valence-corrected chi connectivity index (χ1v) is 12.4. The van der Waals surface area contributed by atoms with Gasteiger partial charge in [0, 0.05) is 35.9 Å². The molecule has 0 unspecified atom stereocenters. The summed E-state index contributed by atoms with van der Waals surface area (Å²) < 4.78 is 46.0. The van der Waals surface area contributed by atoms with Crippen LogP contribution in [0.25, 0.3) is 6.08 Å². The number of aryl methyl sites for hydroxylation is 1. The number of allylic oxidation sites excluding steroid dienone is 1. The van der Waals surface area contributed by atoms with Crippen LogP contribution in [0.3, 0.4) is 0 Å². The number of halogens is 3. The molecule has 0 saturated heterocycles. The van der Waals surface area contributed by atoms with Crippen LogP contribution in [0.2, 0.25) is 0 Å². The second-order valence-electron chi connectivity index (χ2n) is 6.81. The average molecular weight is 519 g/mol. The molecule has 194 valence electrons. The van der Waals surface area contributed by atoms with E-state index in [1.165, 1.54) is 23.6 Å². The molecule has 2 heterocycles. The highest BCUT2D eigenvalue weighted by molar-refractivity contribution is 7.13. The van der Waals surface area contributed by atoms with E-state index < -0.39 is 11.7 Å². The molecule has 5 nitrogen and oxygen atoms in total. The molecule has 0 aliphatic carbocycles. The molecular formula is C27H33F3N4OS. The average Bonchev–Trinajstić information content (AvgIpc) is 3.31. The van der Waals surface area contributed by atoms with E-state index in [4.69, 9.17) is 4.74 Å². The van der Waals surface area contributed by atoms with E-state index in [1.807, 2.05) is 57.4 Å². The number of hydrogen-bond acceptors (Lipinski definition) is 6. The molecule has 0 radical (unpaired) electrons. The Morgan fingerprint density at radius 2 is 1.97 bits per heavy atom. The molecule has 0 spiro atoms. The molecule has 0 bridgehead atoms. The molecule has 1 N–H and O–H groups in total. The van der Waals surface area contributed by atoms with Gasteiger partial charge in [-0.05, 0) is 62.6 Å². The van der Waals surface area contributed by atoms with Crippen LogP contribution >= 0.6 is 11.3 Å². The molecule has 0 saturated carbocycles. The van der Waals surface area contributed by atoms with Crippen LogP contribution in [0.15, 0.2) is 72.0 Å². The fourth-order valence-corrected chi connectivity index (χ4v) is 3.48. The zero-order valence-electron chi connectivity index (χ0n) is 21.0. The van der Waals surface area contributed by atoms with E-state index in [2.05, 4.69) is 26.9 Å². The maximum atomic E-state index is 13.5. The number of hydrogen-bond donors (Lipinski definition) is 1. The minimum absolute atomic E-state index is 0.178. The van der Waals surface area contributed by atoms with Gasteiger partial charge in [0.2, 0.25) is 0 Å². The lowest BCUT2D eigenvalue weighted by Crippen LogP contribution is -2.10. The largest absolute Gasteiger partial charge is 0.493 e. The van der Waals surface area contributed by atoms with Gasteiger partial charge in [0.05, 0.1) is 17.9 Å². The Balaban J connectivity index is 0.000000826. The summed E-state index contributed by atoms with van der Waals surface area (Å²) in [5, 5.41) is 5.27. The van der Waals surface area contributed by atoms with E-state index in [0.29, 0.717) is 23.7 Å². The van der Waals surface area contributed by atoms with Gasteiger partial charge >= 0.3 is 6.18 Å². The predicted molar refractivity (Wildman–Crippen MR) is 145 cm³/mol. The van der Waals surface area contributed by atoms with E-state index in [0.717, 1.165) is 17.3 Å². The normalized spacial score (nSPS) is 10.9. The van der Waals surface area contributed by atoms with Crippen molar-refractivity contribution in [3.63, 3.8) is 0 Å². The third-order valence-electron chi connectivity index (χ3n) is 4.24. The van der Waals surface area contributed by atoms with Crippen molar-refractivity contribution in [2.75, 3.05) is 11.9 Å². The van der Waals surface area contributed by atoms with Crippen LogP contribution in [0, 0.1) is 0 Å². The van der Waals surface area contributed by atoms with E-state index in [9.17, 15) is 13.2 Å². The summed E-state index contributed by atoms with van der Waals surface area (Å²) in [4.78, 5) is 11.9. The van der Waals surface area contributed by atoms with Crippen LogP contribution in [0.1, 0.15) is 50.9 Å². The molecule has 0 aliphatic heterocycles. The van der Waals surface area contributed by atoms with Crippen LogP contribution in [-0.2, 0) is 12.6 Å². The number of alkyl halides is 3. The van der Waals surface area contributed by atoms with Gasteiger partial charge in [-0.15, -0.1) is 11.3 Å². The summed E-state index contributed by atoms with van der Waals surface area (Å²) in [6.45, 7) is 11.3. The van der Waals surface area contributed by atoms with Crippen molar-refractivity contribution >= 4 is 34.4 Å². The minimum Gasteiger partial charge on any atom is -0.493 e. The standard InChI is InChI=1S/C21H20F3N3OS.C4H7N.C2H6/c1-2-5-17-14-29-20(27-17)26-16-8-9-19(18(12-16)21(22,23)24)28-11-4-7-15-6-3-10-25-13-15;1-3-5-4-2;1-2/h2-3,5-6,8-10,12-14H,4,7,11H2,1H3,(H,26,27);3-4H,1H2,2H3;1-2H3/b5-2+;;. The summed E-state index contributed by atoms with van der Waals surface area (Å²) in [7, 11) is 0. The fourth-order valence-electron chi connectivity index (χ4n) is 2.78. The van der Waals surface area contributed by atoms with Crippen LogP contribution in [-0.4, -0.2) is 22.8 Å². The lowest BCUT2D eigenvalue weighted by molar-refractivity contribution is -0.138. The fraction of sp³-hybridized carbons (Fsp3) is 0.296. The monoisotopic (exact) mass is 518 g/mol. The molecule has 36 heavy (non-hydrogen) atoms. The van der Waals surface area contributed by atoms with Crippen LogP contribution in [0.5, 0.6) is 5.75 Å². The Kier molecular flexibility index (Phi) is 14.5. The lowest BCUT2D eigenvalue weighted by Gasteiger charge is -2.15. The predicted octanol–water partition coefficient (Wildman–Crippen LogP) is 8.59. The van der Waals surface area contributed by atoms with Crippen molar-refractivity contribution in [3.8, 4) is 5.75 Å². The Labute approximate surface area is 215 Å². The molecule has 0 fully saturated rings. The van der Waals surface area contributed by atoms with Crippen molar-refractivity contribution in [3.05, 3.63) is 83.8 Å². The Bertz CT molecular complexity index is 1080. The number of nitrogens with one attached hydrogen (secondary N) is 1. The number of anilines is 2. The molecule has 1 aromatic carbocycles. The number of thiazole rings is 1. The molecule has 0 aliphatic rings. The molecule has 0 atom stereocenters. The summed E-state index contributed by atoms with van der Waals surface area (Å²) in [5.41, 5.74) is 1.27.